The van der Waals surface area contributed by atoms with Crippen LogP contribution in [0.4, 0.5) is 0 Å². The Morgan fingerprint density at radius 3 is 2.59 bits per heavy atom. The highest BCUT2D eigenvalue weighted by atomic mass is 32.2. The molecule has 1 saturated heterocycles. The summed E-state index contributed by atoms with van der Waals surface area (Å²) in [5.74, 6) is 0.400. The third kappa shape index (κ3) is 12.0. The number of nitrogens with zero attached hydrogens (tertiary/aromatic N) is 3. The van der Waals surface area contributed by atoms with E-state index in [-0.39, 0.29) is 11.7 Å². The Morgan fingerprint density at radius 2 is 1.84 bits per heavy atom. The SMILES string of the molecule is O=C(/C=C/c1ccncc1)NCCCCCCS(=O)(=O)N(CCN1CCOCC1)OCC1CCCCC1. The molecule has 1 aromatic heterocycles. The second kappa shape index (κ2) is 16.9. The first-order chi connectivity index (χ1) is 18.0. The minimum atomic E-state index is -3.49. The number of hydrogen-bond acceptors (Lipinski definition) is 7. The van der Waals surface area contributed by atoms with Gasteiger partial charge in [-0.2, -0.15) is 0 Å². The lowest BCUT2D eigenvalue weighted by atomic mass is 9.90. The molecule has 208 valence electrons. The van der Waals surface area contributed by atoms with Gasteiger partial charge in [0.25, 0.3) is 0 Å². The van der Waals surface area contributed by atoms with Gasteiger partial charge >= 0.3 is 0 Å². The van der Waals surface area contributed by atoms with Crippen molar-refractivity contribution in [3.05, 3.63) is 36.2 Å². The van der Waals surface area contributed by atoms with Gasteiger partial charge in [0.15, 0.2) is 0 Å². The lowest BCUT2D eigenvalue weighted by Crippen LogP contribution is -2.44. The van der Waals surface area contributed by atoms with Crippen molar-refractivity contribution in [2.45, 2.75) is 57.8 Å². The third-order valence-corrected chi connectivity index (χ3v) is 8.67. The van der Waals surface area contributed by atoms with Gasteiger partial charge in [0, 0.05) is 44.6 Å². The van der Waals surface area contributed by atoms with Crippen LogP contribution in [-0.2, 0) is 24.4 Å². The smallest absolute Gasteiger partial charge is 0.243 e. The van der Waals surface area contributed by atoms with Crippen molar-refractivity contribution in [2.75, 3.05) is 58.3 Å². The van der Waals surface area contributed by atoms with E-state index < -0.39 is 10.0 Å². The Hall–Kier alpha value is -1.85. The molecular formula is C27H44N4O5S. The molecule has 1 N–H and O–H groups in total. The fourth-order valence-corrected chi connectivity index (χ4v) is 6.01. The monoisotopic (exact) mass is 536 g/mol. The van der Waals surface area contributed by atoms with Crippen LogP contribution in [0, 0.1) is 5.92 Å². The number of hydroxylamine groups is 1. The number of nitrogens with one attached hydrogen (secondary N) is 1. The quantitative estimate of drug-likeness (QED) is 0.197. The minimum Gasteiger partial charge on any atom is -0.379 e. The number of pyridine rings is 1. The van der Waals surface area contributed by atoms with Gasteiger partial charge in [-0.3, -0.25) is 19.5 Å². The summed E-state index contributed by atoms with van der Waals surface area (Å²) in [5.41, 5.74) is 0.924. The number of carbonyl (C=O) groups excluding carboxylic acids is 1. The predicted molar refractivity (Wildman–Crippen MR) is 145 cm³/mol. The molecule has 0 unspecified atom stereocenters. The number of sulfonamides is 1. The summed E-state index contributed by atoms with van der Waals surface area (Å²) in [7, 11) is -3.49. The van der Waals surface area contributed by atoms with Crippen molar-refractivity contribution < 1.29 is 22.8 Å². The van der Waals surface area contributed by atoms with E-state index in [1.54, 1.807) is 18.5 Å². The molecule has 2 aliphatic rings. The molecule has 10 heteroatoms. The highest BCUT2D eigenvalue weighted by Gasteiger charge is 2.26. The van der Waals surface area contributed by atoms with E-state index in [2.05, 4.69) is 15.2 Å². The lowest BCUT2D eigenvalue weighted by Gasteiger charge is -2.30. The van der Waals surface area contributed by atoms with Gasteiger partial charge in [-0.1, -0.05) is 36.6 Å². The van der Waals surface area contributed by atoms with Crippen molar-refractivity contribution in [3.63, 3.8) is 0 Å². The maximum atomic E-state index is 13.1. The molecule has 37 heavy (non-hydrogen) atoms. The molecule has 9 nitrogen and oxygen atoms in total. The highest BCUT2D eigenvalue weighted by Crippen LogP contribution is 2.24. The largest absolute Gasteiger partial charge is 0.379 e. The van der Waals surface area contributed by atoms with Gasteiger partial charge in [-0.25, -0.2) is 8.42 Å². The van der Waals surface area contributed by atoms with E-state index in [9.17, 15) is 13.2 Å². The van der Waals surface area contributed by atoms with Crippen LogP contribution in [0.5, 0.6) is 0 Å². The molecule has 0 spiro atoms. The summed E-state index contributed by atoms with van der Waals surface area (Å²) in [6.45, 7) is 5.10. The van der Waals surface area contributed by atoms with E-state index in [0.717, 1.165) is 50.8 Å². The molecule has 1 aromatic rings. The molecule has 0 bridgehead atoms. The molecule has 2 heterocycles. The van der Waals surface area contributed by atoms with Gasteiger partial charge in [0.2, 0.25) is 15.9 Å². The second-order valence-corrected chi connectivity index (χ2v) is 11.9. The van der Waals surface area contributed by atoms with Gasteiger partial charge in [0.05, 0.1) is 32.1 Å². The van der Waals surface area contributed by atoms with Gasteiger partial charge in [-0.15, -0.1) is 0 Å². The fraction of sp³-hybridized carbons (Fsp3) is 0.704. The van der Waals surface area contributed by atoms with Crippen LogP contribution in [0.1, 0.15) is 63.4 Å². The van der Waals surface area contributed by atoms with Crippen molar-refractivity contribution >= 4 is 22.0 Å². The first-order valence-corrected chi connectivity index (χ1v) is 15.4. The molecule has 3 rings (SSSR count). The Kier molecular flexibility index (Phi) is 13.6. The van der Waals surface area contributed by atoms with E-state index in [1.807, 2.05) is 12.1 Å². The number of aromatic nitrogens is 1. The molecule has 2 fully saturated rings. The second-order valence-electron chi connectivity index (χ2n) is 9.92. The minimum absolute atomic E-state index is 0.0851. The van der Waals surface area contributed by atoms with Gasteiger partial charge in [0.1, 0.15) is 0 Å². The molecule has 0 radical (unpaired) electrons. The van der Waals surface area contributed by atoms with Crippen molar-refractivity contribution in [1.82, 2.24) is 19.7 Å². The van der Waals surface area contributed by atoms with Crippen LogP contribution < -0.4 is 5.32 Å². The van der Waals surface area contributed by atoms with Crippen LogP contribution in [0.15, 0.2) is 30.6 Å². The third-order valence-electron chi connectivity index (χ3n) is 6.95. The summed E-state index contributed by atoms with van der Waals surface area (Å²) in [6.07, 6.45) is 15.6. The van der Waals surface area contributed by atoms with Gasteiger partial charge in [-0.05, 0) is 55.4 Å². The van der Waals surface area contributed by atoms with Crippen LogP contribution in [0.2, 0.25) is 0 Å². The summed E-state index contributed by atoms with van der Waals surface area (Å²) >= 11 is 0. The fourth-order valence-electron chi connectivity index (χ4n) is 4.66. The van der Waals surface area contributed by atoms with Crippen LogP contribution in [-0.4, -0.2) is 87.0 Å². The zero-order valence-corrected chi connectivity index (χ0v) is 22.9. The van der Waals surface area contributed by atoms with E-state index in [4.69, 9.17) is 9.57 Å². The Labute approximate surface area is 222 Å². The Morgan fingerprint density at radius 1 is 1.11 bits per heavy atom. The maximum Gasteiger partial charge on any atom is 0.243 e. The molecule has 1 aliphatic carbocycles. The zero-order chi connectivity index (χ0) is 26.2. The van der Waals surface area contributed by atoms with E-state index >= 15 is 0 Å². The van der Waals surface area contributed by atoms with Crippen LogP contribution in [0.25, 0.3) is 6.08 Å². The summed E-state index contributed by atoms with van der Waals surface area (Å²) in [5, 5.41) is 2.87. The summed E-state index contributed by atoms with van der Waals surface area (Å²) in [4.78, 5) is 24.1. The molecule has 1 saturated carbocycles. The Bertz CT molecular complexity index is 879. The maximum absolute atomic E-state index is 13.1. The first-order valence-electron chi connectivity index (χ1n) is 13.8. The molecule has 1 amide bonds. The van der Waals surface area contributed by atoms with Crippen molar-refractivity contribution in [3.8, 4) is 0 Å². The van der Waals surface area contributed by atoms with Crippen molar-refractivity contribution in [2.24, 2.45) is 5.92 Å². The number of unbranched alkanes of at least 4 members (excludes halogenated alkanes) is 3. The van der Waals surface area contributed by atoms with Crippen LogP contribution in [0.3, 0.4) is 0 Å². The zero-order valence-electron chi connectivity index (χ0n) is 22.1. The van der Waals surface area contributed by atoms with Gasteiger partial charge < -0.3 is 10.1 Å². The molecule has 1 aliphatic heterocycles. The van der Waals surface area contributed by atoms with E-state index in [0.29, 0.717) is 51.8 Å². The first kappa shape index (κ1) is 29.7. The average Bonchev–Trinajstić information content (AvgIpc) is 2.93. The topological polar surface area (TPSA) is 101 Å². The number of hydrogen-bond donors (Lipinski definition) is 1. The highest BCUT2D eigenvalue weighted by molar-refractivity contribution is 7.88. The lowest BCUT2D eigenvalue weighted by molar-refractivity contribution is -0.116. The summed E-state index contributed by atoms with van der Waals surface area (Å²) in [6, 6.07) is 3.67. The normalized spacial score (nSPS) is 18.0. The standard InChI is InChI=1S/C27H44N4O5S/c32-27(11-10-25-12-15-28-16-13-25)29-14-6-1-2-7-23-37(33,34)31(18-17-30-19-21-35-22-20-30)36-24-26-8-4-3-5-9-26/h10-13,15-16,26H,1-9,14,17-24H2,(H,29,32)/b11-10+. The van der Waals surface area contributed by atoms with Crippen molar-refractivity contribution in [1.29, 1.82) is 0 Å². The number of ether oxygens (including phenoxy) is 1. The Balaban J connectivity index is 1.34. The number of carbonyl (C=O) groups is 1. The van der Waals surface area contributed by atoms with Crippen LogP contribution >= 0.6 is 0 Å². The molecule has 0 atom stereocenters. The number of amides is 1. The molecule has 0 aromatic carbocycles. The average molecular weight is 537 g/mol. The summed E-state index contributed by atoms with van der Waals surface area (Å²) < 4.78 is 32.9. The number of morpholine rings is 1. The molecular weight excluding hydrogens is 492 g/mol. The predicted octanol–water partition coefficient (Wildman–Crippen LogP) is 3.25. The van der Waals surface area contributed by atoms with E-state index in [1.165, 1.54) is 29.8 Å². The number of rotatable bonds is 16.